The molecule has 0 unspecified atom stereocenters. The fraction of sp³-hybridized carbons (Fsp3) is 0.364. The lowest BCUT2D eigenvalue weighted by Crippen LogP contribution is -2.22. The van der Waals surface area contributed by atoms with E-state index in [1.807, 2.05) is 6.92 Å². The Kier molecular flexibility index (Phi) is 5.11. The molecule has 0 aliphatic heterocycles. The highest BCUT2D eigenvalue weighted by Gasteiger charge is 2.13. The lowest BCUT2D eigenvalue weighted by molar-refractivity contribution is 0.318. The summed E-state index contributed by atoms with van der Waals surface area (Å²) < 4.78 is 23.8. The molecule has 1 aromatic carbocycles. The Morgan fingerprint density at radius 1 is 1.39 bits per heavy atom. The fourth-order valence-corrected chi connectivity index (χ4v) is 2.59. The van der Waals surface area contributed by atoms with Gasteiger partial charge in [0, 0.05) is 12.1 Å². The molecule has 0 aliphatic rings. The molecule has 6 nitrogen and oxygen atoms in total. The molecule has 0 aromatic heterocycles. The summed E-state index contributed by atoms with van der Waals surface area (Å²) in [5.41, 5.74) is 5.87. The van der Waals surface area contributed by atoms with Crippen molar-refractivity contribution in [2.75, 3.05) is 18.8 Å². The standard InChI is InChI=1S/C11H17N3O3S/c1-2-13-7-8-18(16,17)10-5-3-9(4-6-10)11(12)14-15/h3-6,13,15H,2,7-8H2,1H3,(H2,12,14). The van der Waals surface area contributed by atoms with Gasteiger partial charge >= 0.3 is 0 Å². The molecule has 0 spiro atoms. The third kappa shape index (κ3) is 3.71. The average Bonchev–Trinajstić information content (AvgIpc) is 2.38. The van der Waals surface area contributed by atoms with Crippen molar-refractivity contribution >= 4 is 15.7 Å². The maximum absolute atomic E-state index is 11.9. The normalized spacial score (nSPS) is 12.6. The predicted molar refractivity (Wildman–Crippen MR) is 69.5 cm³/mol. The largest absolute Gasteiger partial charge is 0.409 e. The van der Waals surface area contributed by atoms with Gasteiger partial charge in [-0.3, -0.25) is 0 Å². The molecular weight excluding hydrogens is 254 g/mol. The first kappa shape index (κ1) is 14.5. The van der Waals surface area contributed by atoms with Crippen LogP contribution in [0.1, 0.15) is 12.5 Å². The summed E-state index contributed by atoms with van der Waals surface area (Å²) in [5.74, 6) is -0.00405. The lowest BCUT2D eigenvalue weighted by Gasteiger charge is -2.06. The Morgan fingerprint density at radius 2 is 2.00 bits per heavy atom. The van der Waals surface area contributed by atoms with E-state index in [9.17, 15) is 8.42 Å². The summed E-state index contributed by atoms with van der Waals surface area (Å²) in [4.78, 5) is 0.231. The van der Waals surface area contributed by atoms with Crippen molar-refractivity contribution in [2.45, 2.75) is 11.8 Å². The van der Waals surface area contributed by atoms with Crippen LogP contribution in [0.2, 0.25) is 0 Å². The van der Waals surface area contributed by atoms with E-state index in [4.69, 9.17) is 10.9 Å². The minimum atomic E-state index is -3.29. The SMILES string of the molecule is CCNCCS(=O)(=O)c1ccc(/C(N)=N/O)cc1. The Labute approximate surface area is 106 Å². The van der Waals surface area contributed by atoms with Gasteiger partial charge in [0.1, 0.15) is 0 Å². The summed E-state index contributed by atoms with van der Waals surface area (Å²) in [6, 6.07) is 5.92. The van der Waals surface area contributed by atoms with E-state index in [1.54, 1.807) is 0 Å². The van der Waals surface area contributed by atoms with Crippen LogP contribution in [0.4, 0.5) is 0 Å². The molecule has 4 N–H and O–H groups in total. The van der Waals surface area contributed by atoms with E-state index >= 15 is 0 Å². The zero-order valence-electron chi connectivity index (χ0n) is 10.1. The number of nitrogens with two attached hydrogens (primary N) is 1. The van der Waals surface area contributed by atoms with Crippen LogP contribution in [0.5, 0.6) is 0 Å². The van der Waals surface area contributed by atoms with Crippen molar-refractivity contribution in [1.29, 1.82) is 0 Å². The smallest absolute Gasteiger partial charge is 0.179 e. The van der Waals surface area contributed by atoms with Crippen LogP contribution in [0.3, 0.4) is 0 Å². The van der Waals surface area contributed by atoms with E-state index in [0.717, 1.165) is 6.54 Å². The van der Waals surface area contributed by atoms with Gasteiger partial charge in [0.15, 0.2) is 15.7 Å². The first-order chi connectivity index (χ1) is 8.51. The summed E-state index contributed by atoms with van der Waals surface area (Å²) in [7, 11) is -3.29. The second-order valence-corrected chi connectivity index (χ2v) is 5.79. The molecule has 1 rings (SSSR count). The van der Waals surface area contributed by atoms with E-state index < -0.39 is 9.84 Å². The molecule has 7 heteroatoms. The minimum absolute atomic E-state index is 0.0454. The van der Waals surface area contributed by atoms with Gasteiger partial charge in [0.25, 0.3) is 0 Å². The number of nitrogens with zero attached hydrogens (tertiary/aromatic N) is 1. The van der Waals surface area contributed by atoms with Crippen LogP contribution in [-0.4, -0.2) is 38.3 Å². The highest BCUT2D eigenvalue weighted by atomic mass is 32.2. The Balaban J connectivity index is 2.84. The highest BCUT2D eigenvalue weighted by molar-refractivity contribution is 7.91. The van der Waals surface area contributed by atoms with Gasteiger partial charge < -0.3 is 16.3 Å². The second-order valence-electron chi connectivity index (χ2n) is 3.68. The molecule has 0 fully saturated rings. The van der Waals surface area contributed by atoms with Crippen molar-refractivity contribution < 1.29 is 13.6 Å². The quantitative estimate of drug-likeness (QED) is 0.225. The highest BCUT2D eigenvalue weighted by Crippen LogP contribution is 2.12. The first-order valence-electron chi connectivity index (χ1n) is 5.52. The molecule has 0 heterocycles. The Morgan fingerprint density at radius 3 is 2.50 bits per heavy atom. The molecule has 0 saturated carbocycles. The number of amidine groups is 1. The first-order valence-corrected chi connectivity index (χ1v) is 7.18. The number of rotatable bonds is 6. The van der Waals surface area contributed by atoms with Crippen molar-refractivity contribution in [3.05, 3.63) is 29.8 Å². The van der Waals surface area contributed by atoms with Gasteiger partial charge in [-0.1, -0.05) is 12.1 Å². The average molecular weight is 271 g/mol. The number of nitrogens with one attached hydrogen (secondary N) is 1. The molecule has 0 amide bonds. The van der Waals surface area contributed by atoms with E-state index in [2.05, 4.69) is 10.5 Å². The Hall–Kier alpha value is -1.60. The van der Waals surface area contributed by atoms with E-state index in [0.29, 0.717) is 12.1 Å². The van der Waals surface area contributed by atoms with Crippen LogP contribution >= 0.6 is 0 Å². The topological polar surface area (TPSA) is 105 Å². The zero-order chi connectivity index (χ0) is 13.6. The van der Waals surface area contributed by atoms with Crippen molar-refractivity contribution in [2.24, 2.45) is 10.9 Å². The summed E-state index contributed by atoms with van der Waals surface area (Å²) >= 11 is 0. The van der Waals surface area contributed by atoms with Gasteiger partial charge in [-0.2, -0.15) is 0 Å². The molecule has 0 aliphatic carbocycles. The van der Waals surface area contributed by atoms with Crippen LogP contribution in [0.15, 0.2) is 34.3 Å². The zero-order valence-corrected chi connectivity index (χ0v) is 10.9. The predicted octanol–water partition coefficient (Wildman–Crippen LogP) is 0.164. The van der Waals surface area contributed by atoms with Gasteiger partial charge in [-0.15, -0.1) is 0 Å². The molecule has 0 radical (unpaired) electrons. The molecule has 18 heavy (non-hydrogen) atoms. The number of hydrogen-bond donors (Lipinski definition) is 3. The number of oxime groups is 1. The number of sulfone groups is 1. The summed E-state index contributed by atoms with van der Waals surface area (Å²) in [5, 5.41) is 14.3. The van der Waals surface area contributed by atoms with Crippen LogP contribution in [0, 0.1) is 0 Å². The molecule has 0 bridgehead atoms. The monoisotopic (exact) mass is 271 g/mol. The number of hydrogen-bond acceptors (Lipinski definition) is 5. The van der Waals surface area contributed by atoms with E-state index in [1.165, 1.54) is 24.3 Å². The van der Waals surface area contributed by atoms with Gasteiger partial charge in [-0.05, 0) is 30.8 Å². The molecule has 0 saturated heterocycles. The molecule has 1 aromatic rings. The van der Waals surface area contributed by atoms with Crippen molar-refractivity contribution in [3.8, 4) is 0 Å². The summed E-state index contributed by atoms with van der Waals surface area (Å²) in [6.07, 6.45) is 0. The van der Waals surface area contributed by atoms with Crippen molar-refractivity contribution in [1.82, 2.24) is 5.32 Å². The van der Waals surface area contributed by atoms with Gasteiger partial charge in [0.2, 0.25) is 0 Å². The third-order valence-corrected chi connectivity index (χ3v) is 4.15. The van der Waals surface area contributed by atoms with Gasteiger partial charge in [0.05, 0.1) is 10.6 Å². The van der Waals surface area contributed by atoms with Crippen LogP contribution in [-0.2, 0) is 9.84 Å². The molecular formula is C11H17N3O3S. The summed E-state index contributed by atoms with van der Waals surface area (Å²) in [6.45, 7) is 3.07. The molecule has 0 atom stereocenters. The number of benzene rings is 1. The minimum Gasteiger partial charge on any atom is -0.409 e. The Bertz CT molecular complexity index is 509. The molecule has 100 valence electrons. The van der Waals surface area contributed by atoms with Crippen LogP contribution in [0.25, 0.3) is 0 Å². The van der Waals surface area contributed by atoms with Crippen LogP contribution < -0.4 is 11.1 Å². The van der Waals surface area contributed by atoms with E-state index in [-0.39, 0.29) is 16.5 Å². The maximum Gasteiger partial charge on any atom is 0.179 e. The maximum atomic E-state index is 11.9. The third-order valence-electron chi connectivity index (χ3n) is 2.41. The van der Waals surface area contributed by atoms with Gasteiger partial charge in [-0.25, -0.2) is 8.42 Å². The fourth-order valence-electron chi connectivity index (χ4n) is 1.39. The lowest BCUT2D eigenvalue weighted by atomic mass is 10.2. The van der Waals surface area contributed by atoms with Crippen molar-refractivity contribution in [3.63, 3.8) is 0 Å². The second kappa shape index (κ2) is 6.36.